The highest BCUT2D eigenvalue weighted by Gasteiger charge is 2.28. The van der Waals surface area contributed by atoms with Crippen LogP contribution in [0, 0.1) is 6.92 Å². The minimum atomic E-state index is -0.287. The standard InChI is InChI=1S/C26H31N5O4/c1-3-29(13-10-24(32)27-17-21-9-5-14-35-21)25(33)22-16-23-26(34)30(11-6-12-31(23)28-22)18-20-8-4-7-19(2)15-20/h4-5,7-9,14-16H,3,6,10-13,17-18H2,1-2H3,(H,27,32). The zero-order chi connectivity index (χ0) is 24.8. The summed E-state index contributed by atoms with van der Waals surface area (Å²) in [5.41, 5.74) is 2.87. The van der Waals surface area contributed by atoms with Crippen LogP contribution in [0.4, 0.5) is 0 Å². The first kappa shape index (κ1) is 24.3. The number of hydrogen-bond acceptors (Lipinski definition) is 5. The van der Waals surface area contributed by atoms with Crippen molar-refractivity contribution < 1.29 is 18.8 Å². The molecule has 3 amide bonds. The van der Waals surface area contributed by atoms with E-state index >= 15 is 0 Å². The van der Waals surface area contributed by atoms with Crippen molar-refractivity contribution in [1.29, 1.82) is 0 Å². The van der Waals surface area contributed by atoms with Crippen molar-refractivity contribution in [1.82, 2.24) is 24.9 Å². The molecule has 1 aromatic carbocycles. The second kappa shape index (κ2) is 11.0. The van der Waals surface area contributed by atoms with Gasteiger partial charge in [0.05, 0.1) is 12.8 Å². The average molecular weight is 478 g/mol. The molecule has 4 rings (SSSR count). The fourth-order valence-corrected chi connectivity index (χ4v) is 4.21. The summed E-state index contributed by atoms with van der Waals surface area (Å²) in [6, 6.07) is 13.2. The quantitative estimate of drug-likeness (QED) is 0.511. The number of amides is 3. The number of carbonyl (C=O) groups excluding carboxylic acids is 3. The molecular weight excluding hydrogens is 446 g/mol. The summed E-state index contributed by atoms with van der Waals surface area (Å²) < 4.78 is 6.84. The predicted molar refractivity (Wildman–Crippen MR) is 130 cm³/mol. The van der Waals surface area contributed by atoms with Crippen LogP contribution in [0.15, 0.2) is 53.1 Å². The van der Waals surface area contributed by atoms with Gasteiger partial charge in [-0.25, -0.2) is 0 Å². The first-order valence-corrected chi connectivity index (χ1v) is 12.0. The molecule has 0 fully saturated rings. The number of fused-ring (bicyclic) bond motifs is 1. The van der Waals surface area contributed by atoms with Gasteiger partial charge in [-0.15, -0.1) is 0 Å². The van der Waals surface area contributed by atoms with Crippen LogP contribution in [0.5, 0.6) is 0 Å². The van der Waals surface area contributed by atoms with Crippen LogP contribution in [0.25, 0.3) is 0 Å². The molecule has 9 heteroatoms. The minimum absolute atomic E-state index is 0.129. The van der Waals surface area contributed by atoms with Gasteiger partial charge in [-0.3, -0.25) is 19.1 Å². The van der Waals surface area contributed by atoms with Crippen molar-refractivity contribution in [3.05, 3.63) is 77.0 Å². The van der Waals surface area contributed by atoms with Gasteiger partial charge < -0.3 is 19.5 Å². The Morgan fingerprint density at radius 3 is 2.77 bits per heavy atom. The predicted octanol–water partition coefficient (Wildman–Crippen LogP) is 3.00. The summed E-state index contributed by atoms with van der Waals surface area (Å²) in [6.45, 7) is 6.60. The molecule has 3 heterocycles. The molecule has 0 radical (unpaired) electrons. The van der Waals surface area contributed by atoms with E-state index in [1.54, 1.807) is 34.0 Å². The number of rotatable bonds is 9. The van der Waals surface area contributed by atoms with Crippen molar-refractivity contribution in [3.63, 3.8) is 0 Å². The minimum Gasteiger partial charge on any atom is -0.467 e. The SMILES string of the molecule is CCN(CCC(=O)NCc1ccco1)C(=O)c1cc2n(n1)CCCN(Cc1cccc(C)c1)C2=O. The maximum atomic E-state index is 13.3. The van der Waals surface area contributed by atoms with Crippen LogP contribution in [0.3, 0.4) is 0 Å². The molecule has 0 aliphatic carbocycles. The van der Waals surface area contributed by atoms with Gasteiger partial charge in [0.25, 0.3) is 11.8 Å². The van der Waals surface area contributed by atoms with Crippen LogP contribution < -0.4 is 5.32 Å². The maximum Gasteiger partial charge on any atom is 0.274 e. The van der Waals surface area contributed by atoms with E-state index in [9.17, 15) is 14.4 Å². The molecule has 1 N–H and O–H groups in total. The van der Waals surface area contributed by atoms with Gasteiger partial charge in [-0.1, -0.05) is 29.8 Å². The topological polar surface area (TPSA) is 101 Å². The number of benzene rings is 1. The molecule has 1 aliphatic heterocycles. The summed E-state index contributed by atoms with van der Waals surface area (Å²) in [5, 5.41) is 7.23. The van der Waals surface area contributed by atoms with Crippen LogP contribution in [-0.4, -0.2) is 56.9 Å². The normalized spacial score (nSPS) is 13.3. The van der Waals surface area contributed by atoms with Gasteiger partial charge in [0.15, 0.2) is 5.69 Å². The monoisotopic (exact) mass is 477 g/mol. The van der Waals surface area contributed by atoms with E-state index in [0.717, 1.165) is 17.5 Å². The number of aromatic nitrogens is 2. The van der Waals surface area contributed by atoms with E-state index in [2.05, 4.69) is 16.5 Å². The first-order chi connectivity index (χ1) is 16.9. The summed E-state index contributed by atoms with van der Waals surface area (Å²) in [4.78, 5) is 42.0. The summed E-state index contributed by atoms with van der Waals surface area (Å²) >= 11 is 0. The third-order valence-electron chi connectivity index (χ3n) is 6.08. The molecule has 0 bridgehead atoms. The van der Waals surface area contributed by atoms with E-state index in [0.29, 0.717) is 44.2 Å². The molecule has 2 aromatic heterocycles. The van der Waals surface area contributed by atoms with Gasteiger partial charge in [0.2, 0.25) is 5.91 Å². The number of nitrogens with zero attached hydrogens (tertiary/aromatic N) is 4. The molecule has 3 aromatic rings. The van der Waals surface area contributed by atoms with E-state index in [1.807, 2.05) is 36.9 Å². The van der Waals surface area contributed by atoms with E-state index < -0.39 is 0 Å². The lowest BCUT2D eigenvalue weighted by atomic mass is 10.1. The third-order valence-corrected chi connectivity index (χ3v) is 6.08. The van der Waals surface area contributed by atoms with Crippen LogP contribution >= 0.6 is 0 Å². The summed E-state index contributed by atoms with van der Waals surface area (Å²) in [6.07, 6.45) is 2.47. The smallest absolute Gasteiger partial charge is 0.274 e. The molecule has 35 heavy (non-hydrogen) atoms. The van der Waals surface area contributed by atoms with Crippen LogP contribution in [0.2, 0.25) is 0 Å². The number of aryl methyl sites for hydroxylation is 2. The van der Waals surface area contributed by atoms with E-state index in [1.165, 1.54) is 0 Å². The van der Waals surface area contributed by atoms with Crippen molar-refractivity contribution in [3.8, 4) is 0 Å². The van der Waals surface area contributed by atoms with Crippen molar-refractivity contribution in [2.45, 2.75) is 46.3 Å². The second-order valence-corrected chi connectivity index (χ2v) is 8.70. The lowest BCUT2D eigenvalue weighted by Crippen LogP contribution is -2.35. The number of furan rings is 1. The Morgan fingerprint density at radius 2 is 2.03 bits per heavy atom. The lowest BCUT2D eigenvalue weighted by molar-refractivity contribution is -0.121. The Bertz CT molecular complexity index is 1180. The van der Waals surface area contributed by atoms with Crippen molar-refractivity contribution >= 4 is 17.7 Å². The maximum absolute atomic E-state index is 13.3. The van der Waals surface area contributed by atoms with Crippen molar-refractivity contribution in [2.24, 2.45) is 0 Å². The zero-order valence-electron chi connectivity index (χ0n) is 20.2. The molecule has 1 aliphatic rings. The highest BCUT2D eigenvalue weighted by Crippen LogP contribution is 2.18. The number of nitrogens with one attached hydrogen (secondary N) is 1. The first-order valence-electron chi connectivity index (χ1n) is 12.0. The van der Waals surface area contributed by atoms with Gasteiger partial charge in [-0.2, -0.15) is 5.10 Å². The van der Waals surface area contributed by atoms with Gasteiger partial charge in [-0.05, 0) is 38.0 Å². The van der Waals surface area contributed by atoms with Gasteiger partial charge >= 0.3 is 0 Å². The van der Waals surface area contributed by atoms with Gasteiger partial charge in [0.1, 0.15) is 11.5 Å². The summed E-state index contributed by atoms with van der Waals surface area (Å²) in [5.74, 6) is 0.0819. The fourth-order valence-electron chi connectivity index (χ4n) is 4.21. The second-order valence-electron chi connectivity index (χ2n) is 8.70. The molecule has 9 nitrogen and oxygen atoms in total. The number of hydrogen-bond donors (Lipinski definition) is 1. The fraction of sp³-hybridized carbons (Fsp3) is 0.385. The highest BCUT2D eigenvalue weighted by atomic mass is 16.3. The van der Waals surface area contributed by atoms with E-state index in [-0.39, 0.29) is 36.4 Å². The molecule has 0 saturated heterocycles. The lowest BCUT2D eigenvalue weighted by Gasteiger charge is -2.20. The van der Waals surface area contributed by atoms with Crippen molar-refractivity contribution in [2.75, 3.05) is 19.6 Å². The molecule has 0 spiro atoms. The van der Waals surface area contributed by atoms with Crippen LogP contribution in [-0.2, 0) is 24.4 Å². The van der Waals surface area contributed by atoms with Gasteiger partial charge in [0, 0.05) is 45.2 Å². The zero-order valence-corrected chi connectivity index (χ0v) is 20.2. The Labute approximate surface area is 204 Å². The Hall–Kier alpha value is -3.88. The molecule has 0 saturated carbocycles. The molecule has 0 atom stereocenters. The average Bonchev–Trinajstić information content (AvgIpc) is 3.50. The number of carbonyl (C=O) groups is 3. The van der Waals surface area contributed by atoms with Crippen LogP contribution in [0.1, 0.15) is 57.6 Å². The molecule has 184 valence electrons. The molecule has 0 unspecified atom stereocenters. The third kappa shape index (κ3) is 5.98. The Balaban J connectivity index is 1.39. The highest BCUT2D eigenvalue weighted by molar-refractivity contribution is 5.98. The Morgan fingerprint density at radius 1 is 1.17 bits per heavy atom. The van der Waals surface area contributed by atoms with E-state index in [4.69, 9.17) is 4.42 Å². The Kier molecular flexibility index (Phi) is 7.64. The summed E-state index contributed by atoms with van der Waals surface area (Å²) in [7, 11) is 0. The largest absolute Gasteiger partial charge is 0.467 e. The molecular formula is C26H31N5O4.